The second-order valence-electron chi connectivity index (χ2n) is 6.98. The van der Waals surface area contributed by atoms with Gasteiger partial charge in [-0.3, -0.25) is 9.52 Å². The first-order chi connectivity index (χ1) is 13.9. The smallest absolute Gasteiger partial charge is 0.337 e. The van der Waals surface area contributed by atoms with Crippen LogP contribution in [-0.2, 0) is 14.8 Å². The first kappa shape index (κ1) is 20.9. The van der Waals surface area contributed by atoms with Crippen LogP contribution in [0, 0.1) is 0 Å². The lowest BCUT2D eigenvalue weighted by molar-refractivity contribution is 0.0600. The second-order valence-corrected chi connectivity index (χ2v) is 8.66. The summed E-state index contributed by atoms with van der Waals surface area (Å²) in [5, 5.41) is 3.00. The maximum Gasteiger partial charge on any atom is 0.337 e. The number of amides is 1. The maximum absolute atomic E-state index is 12.8. The maximum atomic E-state index is 12.8. The number of para-hydroxylation sites is 1. The van der Waals surface area contributed by atoms with Crippen LogP contribution in [0.2, 0.25) is 0 Å². The number of carbonyl (C=O) groups is 2. The molecule has 2 aromatic carbocycles. The fraction of sp³-hybridized carbons (Fsp3) is 0.333. The van der Waals surface area contributed by atoms with Crippen molar-refractivity contribution in [2.24, 2.45) is 0 Å². The third-order valence-electron chi connectivity index (χ3n) is 4.92. The molecule has 1 aliphatic carbocycles. The highest BCUT2D eigenvalue weighted by atomic mass is 32.2. The summed E-state index contributed by atoms with van der Waals surface area (Å²) >= 11 is 0. The normalized spacial score (nSPS) is 14.8. The molecule has 0 radical (unpaired) electrons. The van der Waals surface area contributed by atoms with Gasteiger partial charge in [-0.1, -0.05) is 37.5 Å². The van der Waals surface area contributed by atoms with E-state index in [9.17, 15) is 18.0 Å². The average molecular weight is 416 g/mol. The van der Waals surface area contributed by atoms with Gasteiger partial charge in [0.25, 0.3) is 15.9 Å². The van der Waals surface area contributed by atoms with E-state index in [-0.39, 0.29) is 33.7 Å². The summed E-state index contributed by atoms with van der Waals surface area (Å²) in [6.45, 7) is 0. The molecular weight excluding hydrogens is 392 g/mol. The lowest BCUT2D eigenvalue weighted by Gasteiger charge is -2.23. The van der Waals surface area contributed by atoms with Gasteiger partial charge in [-0.15, -0.1) is 0 Å². The zero-order valence-corrected chi connectivity index (χ0v) is 17.0. The van der Waals surface area contributed by atoms with Crippen LogP contribution >= 0.6 is 0 Å². The summed E-state index contributed by atoms with van der Waals surface area (Å²) in [4.78, 5) is 24.3. The molecule has 8 heteroatoms. The van der Waals surface area contributed by atoms with Gasteiger partial charge in [0.1, 0.15) is 0 Å². The van der Waals surface area contributed by atoms with Crippen LogP contribution in [0.25, 0.3) is 0 Å². The molecule has 2 aromatic rings. The number of esters is 1. The highest BCUT2D eigenvalue weighted by Gasteiger charge is 2.22. The average Bonchev–Trinajstić information content (AvgIpc) is 2.74. The third kappa shape index (κ3) is 5.14. The van der Waals surface area contributed by atoms with Crippen LogP contribution in [0.15, 0.2) is 53.4 Å². The number of benzene rings is 2. The van der Waals surface area contributed by atoms with Crippen LogP contribution in [-0.4, -0.2) is 33.4 Å². The van der Waals surface area contributed by atoms with Crippen LogP contribution in [0.4, 0.5) is 5.69 Å². The minimum absolute atomic E-state index is 0.0945. The summed E-state index contributed by atoms with van der Waals surface area (Å²) in [6, 6.07) is 12.1. The molecule has 0 aromatic heterocycles. The minimum Gasteiger partial charge on any atom is -0.465 e. The number of sulfonamides is 1. The summed E-state index contributed by atoms with van der Waals surface area (Å²) in [7, 11) is -2.78. The number of hydrogen-bond donors (Lipinski definition) is 2. The van der Waals surface area contributed by atoms with E-state index in [1.807, 2.05) is 0 Å². The molecular formula is C21H24N2O5S. The summed E-state index contributed by atoms with van der Waals surface area (Å²) in [5.41, 5.74) is 0.564. The predicted molar refractivity (Wildman–Crippen MR) is 109 cm³/mol. The third-order valence-corrected chi connectivity index (χ3v) is 6.29. The van der Waals surface area contributed by atoms with E-state index in [1.165, 1.54) is 43.9 Å². The van der Waals surface area contributed by atoms with E-state index in [0.717, 1.165) is 25.7 Å². The quantitative estimate of drug-likeness (QED) is 0.704. The number of methoxy groups -OCH3 is 1. The Morgan fingerprint density at radius 2 is 1.72 bits per heavy atom. The number of nitrogens with one attached hydrogen (secondary N) is 2. The molecule has 0 bridgehead atoms. The molecule has 0 saturated heterocycles. The zero-order valence-electron chi connectivity index (χ0n) is 16.2. The van der Waals surface area contributed by atoms with Crippen molar-refractivity contribution in [1.29, 1.82) is 0 Å². The molecule has 1 amide bonds. The Labute approximate surface area is 170 Å². The molecule has 29 heavy (non-hydrogen) atoms. The van der Waals surface area contributed by atoms with Gasteiger partial charge in [-0.05, 0) is 43.2 Å². The molecule has 0 aliphatic heterocycles. The molecule has 0 spiro atoms. The molecule has 1 saturated carbocycles. The Hall–Kier alpha value is -2.87. The zero-order chi connectivity index (χ0) is 20.9. The summed E-state index contributed by atoms with van der Waals surface area (Å²) in [6.07, 6.45) is 5.19. The Kier molecular flexibility index (Phi) is 6.53. The summed E-state index contributed by atoms with van der Waals surface area (Å²) < 4.78 is 32.8. The van der Waals surface area contributed by atoms with Crippen molar-refractivity contribution in [2.45, 2.75) is 43.0 Å². The van der Waals surface area contributed by atoms with Crippen LogP contribution in [0.1, 0.15) is 52.8 Å². The number of hydrogen-bond acceptors (Lipinski definition) is 5. The van der Waals surface area contributed by atoms with Crippen molar-refractivity contribution < 1.29 is 22.7 Å². The van der Waals surface area contributed by atoms with Crippen molar-refractivity contribution >= 4 is 27.6 Å². The molecule has 3 rings (SSSR count). The fourth-order valence-electron chi connectivity index (χ4n) is 3.39. The Bertz CT molecular complexity index is 998. The molecule has 154 valence electrons. The molecule has 1 fully saturated rings. The first-order valence-corrected chi connectivity index (χ1v) is 11.0. The molecule has 1 aliphatic rings. The number of ether oxygens (including phenoxy) is 1. The largest absolute Gasteiger partial charge is 0.465 e. The predicted octanol–water partition coefficient (Wildman–Crippen LogP) is 3.34. The lowest BCUT2D eigenvalue weighted by Crippen LogP contribution is -2.36. The molecule has 0 atom stereocenters. The lowest BCUT2D eigenvalue weighted by atomic mass is 9.95. The van der Waals surface area contributed by atoms with E-state index >= 15 is 0 Å². The van der Waals surface area contributed by atoms with Crippen molar-refractivity contribution in [1.82, 2.24) is 5.32 Å². The van der Waals surface area contributed by atoms with Gasteiger partial charge in [0.15, 0.2) is 0 Å². The van der Waals surface area contributed by atoms with E-state index in [1.54, 1.807) is 18.2 Å². The summed E-state index contributed by atoms with van der Waals surface area (Å²) in [5.74, 6) is -0.937. The molecule has 2 N–H and O–H groups in total. The Morgan fingerprint density at radius 3 is 2.45 bits per heavy atom. The standard InChI is InChI=1S/C21H24N2O5S/c1-28-21(25)15-8-7-11-17(14-15)29(26,27)23-19-13-6-5-12-18(19)20(24)22-16-9-3-2-4-10-16/h5-8,11-14,16,23H,2-4,9-10H2,1H3,(H,22,24). The SMILES string of the molecule is COC(=O)c1cccc(S(=O)(=O)Nc2ccccc2C(=O)NC2CCCCC2)c1. The van der Waals surface area contributed by atoms with Crippen LogP contribution in [0.5, 0.6) is 0 Å². The van der Waals surface area contributed by atoms with Crippen molar-refractivity contribution in [3.05, 3.63) is 59.7 Å². The fourth-order valence-corrected chi connectivity index (χ4v) is 4.52. The first-order valence-electron chi connectivity index (χ1n) is 9.52. The molecule has 0 unspecified atom stereocenters. The van der Waals surface area contributed by atoms with Gasteiger partial charge in [0.05, 0.1) is 28.8 Å². The van der Waals surface area contributed by atoms with Gasteiger partial charge in [-0.25, -0.2) is 13.2 Å². The number of rotatable bonds is 6. The topological polar surface area (TPSA) is 102 Å². The Morgan fingerprint density at radius 1 is 1.00 bits per heavy atom. The van der Waals surface area contributed by atoms with Gasteiger partial charge in [-0.2, -0.15) is 0 Å². The highest BCUT2D eigenvalue weighted by Crippen LogP contribution is 2.23. The van der Waals surface area contributed by atoms with Crippen molar-refractivity contribution in [3.8, 4) is 0 Å². The van der Waals surface area contributed by atoms with E-state index in [2.05, 4.69) is 14.8 Å². The Balaban J connectivity index is 1.82. The van der Waals surface area contributed by atoms with Gasteiger partial charge >= 0.3 is 5.97 Å². The van der Waals surface area contributed by atoms with Crippen LogP contribution in [0.3, 0.4) is 0 Å². The van der Waals surface area contributed by atoms with E-state index in [4.69, 9.17) is 0 Å². The minimum atomic E-state index is -4.00. The van der Waals surface area contributed by atoms with Crippen molar-refractivity contribution in [2.75, 3.05) is 11.8 Å². The van der Waals surface area contributed by atoms with Gasteiger partial charge in [0.2, 0.25) is 0 Å². The van der Waals surface area contributed by atoms with Gasteiger partial charge < -0.3 is 10.1 Å². The van der Waals surface area contributed by atoms with E-state index < -0.39 is 16.0 Å². The molecule has 0 heterocycles. The van der Waals surface area contributed by atoms with E-state index in [0.29, 0.717) is 0 Å². The van der Waals surface area contributed by atoms with Crippen molar-refractivity contribution in [3.63, 3.8) is 0 Å². The van der Waals surface area contributed by atoms with Gasteiger partial charge in [0, 0.05) is 6.04 Å². The highest BCUT2D eigenvalue weighted by molar-refractivity contribution is 7.92. The monoisotopic (exact) mass is 416 g/mol. The number of anilines is 1. The second kappa shape index (κ2) is 9.09. The number of carbonyl (C=O) groups excluding carboxylic acids is 2. The van der Waals surface area contributed by atoms with Crippen LogP contribution < -0.4 is 10.0 Å². The molecule has 7 nitrogen and oxygen atoms in total.